The number of nitrogen functional groups attached to an aromatic ring is 1. The number of anilines is 2. The number of aliphatic hydroxyl groups is 1. The summed E-state index contributed by atoms with van der Waals surface area (Å²) in [6, 6.07) is 17.4. The second-order valence-electron chi connectivity index (χ2n) is 21.4. The first-order chi connectivity index (χ1) is 36.2. The Bertz CT molecular complexity index is 2990. The summed E-state index contributed by atoms with van der Waals surface area (Å²) in [6.45, 7) is 14.8. The number of phenolic OH excluding ortho intramolecular Hbond substituents is 1. The Morgan fingerprint density at radius 1 is 0.933 bits per heavy atom. The Morgan fingerprint density at radius 3 is 2.41 bits per heavy atom. The molecule has 0 bridgehead atoms. The number of para-hydroxylation sites is 1. The fraction of sp³-hybridized carbons (Fsp3) is 0.491. The van der Waals surface area contributed by atoms with Crippen LogP contribution in [0.2, 0.25) is 0 Å². The van der Waals surface area contributed by atoms with Crippen LogP contribution in [-0.4, -0.2) is 130 Å². The Kier molecular flexibility index (Phi) is 15.4. The summed E-state index contributed by atoms with van der Waals surface area (Å²) in [5, 5.41) is 41.6. The number of ether oxygens (including phenoxy) is 1. The molecule has 0 unspecified atom stereocenters. The van der Waals surface area contributed by atoms with Gasteiger partial charge in [-0.3, -0.25) is 14.3 Å². The number of benzene rings is 2. The zero-order chi connectivity index (χ0) is 52.3. The molecule has 18 heteroatoms. The molecule has 0 radical (unpaired) electrons. The highest BCUT2D eigenvalue weighted by atomic mass is 16.5. The predicted molar refractivity (Wildman–Crippen MR) is 284 cm³/mol. The lowest BCUT2D eigenvalue weighted by Crippen LogP contribution is -2.48. The first-order valence-corrected chi connectivity index (χ1v) is 26.7. The molecule has 18 nitrogen and oxygen atoms in total. The number of phenols is 1. The number of piperidine rings is 2. The van der Waals surface area contributed by atoms with E-state index in [9.17, 15) is 19.8 Å². The third-order valence-electron chi connectivity index (χ3n) is 15.8. The van der Waals surface area contributed by atoms with E-state index in [2.05, 4.69) is 52.4 Å². The number of nitrogens with zero attached hydrogens (tertiary/aromatic N) is 10. The third-order valence-corrected chi connectivity index (χ3v) is 15.8. The number of aromatic nitrogens is 7. The van der Waals surface area contributed by atoms with E-state index >= 15 is 0 Å². The molecule has 0 spiro atoms. The van der Waals surface area contributed by atoms with Crippen molar-refractivity contribution in [2.75, 3.05) is 49.9 Å². The number of carbonyl (C=O) groups is 2. The number of hydrogen-bond donors (Lipinski definition) is 4. The van der Waals surface area contributed by atoms with Gasteiger partial charge in [0.15, 0.2) is 17.4 Å². The van der Waals surface area contributed by atoms with Crippen molar-refractivity contribution in [1.82, 2.24) is 49.8 Å². The van der Waals surface area contributed by atoms with Crippen LogP contribution in [-0.2, 0) is 14.3 Å². The van der Waals surface area contributed by atoms with Gasteiger partial charge in [-0.1, -0.05) is 55.1 Å². The first kappa shape index (κ1) is 51.4. The van der Waals surface area contributed by atoms with Crippen LogP contribution in [0, 0.1) is 36.5 Å². The summed E-state index contributed by atoms with van der Waals surface area (Å²) in [5.74, 6) is 8.95. The molecule has 4 aliphatic rings. The van der Waals surface area contributed by atoms with Gasteiger partial charge >= 0.3 is 0 Å². The number of aromatic hydroxyl groups is 1. The minimum absolute atomic E-state index is 0.0804. The molecule has 1 aliphatic carbocycles. The largest absolute Gasteiger partial charge is 0.507 e. The molecule has 394 valence electrons. The molecule has 5 N–H and O–H groups in total. The van der Waals surface area contributed by atoms with E-state index in [0.29, 0.717) is 34.4 Å². The van der Waals surface area contributed by atoms with Crippen molar-refractivity contribution >= 4 is 23.5 Å². The molecule has 5 atom stereocenters. The molecule has 2 amide bonds. The molecule has 7 heterocycles. The number of aryl methyl sites for hydroxylation is 1. The van der Waals surface area contributed by atoms with Gasteiger partial charge in [-0.15, -0.1) is 10.2 Å². The Hall–Kier alpha value is -7.07. The zero-order valence-electron chi connectivity index (χ0n) is 43.6. The van der Waals surface area contributed by atoms with Crippen LogP contribution < -0.4 is 16.0 Å². The summed E-state index contributed by atoms with van der Waals surface area (Å²) in [7, 11) is 0. The SMILES string of the molecule is Cc1nccn1-c1ccc([C@H](C)NC(=O)[C@@H]2C[C@@H](O)CN2C(=O)[C@H](c2cc(N3CCC(CN4CCC(O[C@H]5C[C@H](C#C[C@@H](C)n6cc(-c7cc(-c8ccccc8O)nnc7N)cn6)C5)CC4)CC3)no2)C(C)C)cc1. The van der Waals surface area contributed by atoms with Crippen molar-refractivity contribution in [3.05, 3.63) is 103 Å². The molecule has 2 aromatic carbocycles. The minimum Gasteiger partial charge on any atom is -0.507 e. The lowest BCUT2D eigenvalue weighted by atomic mass is 9.82. The van der Waals surface area contributed by atoms with Crippen molar-refractivity contribution in [2.24, 2.45) is 17.8 Å². The molecule has 3 aliphatic heterocycles. The van der Waals surface area contributed by atoms with Crippen LogP contribution in [0.15, 0.2) is 90.0 Å². The maximum Gasteiger partial charge on any atom is 0.243 e. The number of aliphatic hydroxyl groups excluding tert-OH is 1. The molecule has 4 fully saturated rings. The first-order valence-electron chi connectivity index (χ1n) is 26.7. The van der Waals surface area contributed by atoms with Gasteiger partial charge in [0, 0.05) is 98.6 Å². The van der Waals surface area contributed by atoms with Gasteiger partial charge in [-0.25, -0.2) is 4.98 Å². The lowest BCUT2D eigenvalue weighted by Gasteiger charge is -2.40. The van der Waals surface area contributed by atoms with E-state index in [-0.39, 0.29) is 66.6 Å². The molecule has 10 rings (SSSR count). The standard InChI is InChI=1S/C57H70N12O6/c1-35(2)54(57(73)68-34-44(70)28-50(68)56(72)61-37(4)41-12-14-43(15-13-41)67-25-20-59-38(67)5)52-30-53(64-75-52)66-23-16-39(17-24-66)32-65-21-18-45(19-22-65)74-46-26-40(27-46)11-10-36(3)69-33-42(31-60-69)48-29-49(62-63-55(48)58)47-8-6-7-9-51(47)71/h6-9,12-15,20,25,29-31,33,35-37,39-40,44-46,50,54,70-71H,16-19,21-24,26-28,32,34H2,1-5H3,(H2,58,63)(H,61,72)/t36-,37+,40-,44-,46-,50+,54+/m1/s1. The highest BCUT2D eigenvalue weighted by molar-refractivity contribution is 5.91. The second-order valence-corrected chi connectivity index (χ2v) is 21.4. The number of β-amino-alcohol motifs (C(OH)–C–C–N with tert-alkyl or cyclic N) is 1. The van der Waals surface area contributed by atoms with Gasteiger partial charge in [-0.2, -0.15) is 5.10 Å². The third kappa shape index (κ3) is 11.6. The molecule has 6 aromatic rings. The molecular weight excluding hydrogens is 949 g/mol. The van der Waals surface area contributed by atoms with Crippen LogP contribution in [0.4, 0.5) is 11.6 Å². The van der Waals surface area contributed by atoms with Crippen LogP contribution in [0.3, 0.4) is 0 Å². The zero-order valence-corrected chi connectivity index (χ0v) is 43.6. The molecule has 4 aromatic heterocycles. The van der Waals surface area contributed by atoms with Gasteiger partial charge in [0.1, 0.15) is 29.6 Å². The summed E-state index contributed by atoms with van der Waals surface area (Å²) >= 11 is 0. The van der Waals surface area contributed by atoms with Crippen molar-refractivity contribution < 1.29 is 29.1 Å². The Labute approximate surface area is 438 Å². The number of carbonyl (C=O) groups excluding carboxylic acids is 2. The molecular formula is C57H70N12O6. The molecule has 3 saturated heterocycles. The quantitative estimate of drug-likeness (QED) is 0.0755. The van der Waals surface area contributed by atoms with Gasteiger partial charge in [0.05, 0.1) is 36.2 Å². The monoisotopic (exact) mass is 1020 g/mol. The smallest absolute Gasteiger partial charge is 0.243 e. The highest BCUT2D eigenvalue weighted by Gasteiger charge is 2.44. The predicted octanol–water partition coefficient (Wildman–Crippen LogP) is 7.10. The number of hydrogen-bond acceptors (Lipinski definition) is 14. The average Bonchev–Trinajstić information content (AvgIpc) is 4.24. The van der Waals surface area contributed by atoms with Crippen molar-refractivity contribution in [2.45, 2.75) is 122 Å². The number of imidazole rings is 1. The van der Waals surface area contributed by atoms with Crippen LogP contribution in [0.5, 0.6) is 5.75 Å². The van der Waals surface area contributed by atoms with E-state index in [4.69, 9.17) is 15.0 Å². The number of nitrogens with one attached hydrogen (secondary N) is 1. The Balaban J connectivity index is 0.643. The van der Waals surface area contributed by atoms with Gasteiger partial charge in [-0.05, 0) is 107 Å². The maximum absolute atomic E-state index is 14.4. The van der Waals surface area contributed by atoms with E-state index in [0.717, 1.165) is 99.7 Å². The van der Waals surface area contributed by atoms with E-state index < -0.39 is 18.1 Å². The van der Waals surface area contributed by atoms with Gasteiger partial charge < -0.3 is 49.8 Å². The van der Waals surface area contributed by atoms with E-state index in [1.54, 1.807) is 30.6 Å². The highest BCUT2D eigenvalue weighted by Crippen LogP contribution is 2.37. The summed E-state index contributed by atoms with van der Waals surface area (Å²) in [5.41, 5.74) is 10.7. The van der Waals surface area contributed by atoms with Crippen molar-refractivity contribution in [3.63, 3.8) is 0 Å². The minimum atomic E-state index is -0.806. The normalized spacial score (nSPS) is 21.9. The van der Waals surface area contributed by atoms with Crippen molar-refractivity contribution in [1.29, 1.82) is 0 Å². The fourth-order valence-corrected chi connectivity index (χ4v) is 11.2. The summed E-state index contributed by atoms with van der Waals surface area (Å²) in [6.07, 6.45) is 13.3. The van der Waals surface area contributed by atoms with E-state index in [1.807, 2.05) is 98.7 Å². The van der Waals surface area contributed by atoms with Crippen LogP contribution in [0.1, 0.15) is 108 Å². The topological polar surface area (TPSA) is 219 Å². The number of rotatable bonds is 15. The average molecular weight is 1020 g/mol. The fourth-order valence-electron chi connectivity index (χ4n) is 11.2. The van der Waals surface area contributed by atoms with E-state index in [1.165, 1.54) is 4.90 Å². The van der Waals surface area contributed by atoms with Crippen LogP contribution in [0.25, 0.3) is 28.1 Å². The van der Waals surface area contributed by atoms with Crippen LogP contribution >= 0.6 is 0 Å². The Morgan fingerprint density at radius 2 is 1.69 bits per heavy atom. The van der Waals surface area contributed by atoms with Crippen molar-refractivity contribution in [3.8, 4) is 45.7 Å². The second kappa shape index (κ2) is 22.4. The lowest BCUT2D eigenvalue weighted by molar-refractivity contribution is -0.141. The number of amides is 2. The number of likely N-dealkylation sites (tertiary alicyclic amines) is 2. The molecule has 75 heavy (non-hydrogen) atoms. The molecule has 1 saturated carbocycles. The maximum atomic E-state index is 14.4. The number of nitrogens with two attached hydrogens (primary N) is 1. The summed E-state index contributed by atoms with van der Waals surface area (Å²) < 4.78 is 16.3. The van der Waals surface area contributed by atoms with Gasteiger partial charge in [0.2, 0.25) is 11.8 Å². The van der Waals surface area contributed by atoms with Gasteiger partial charge in [0.25, 0.3) is 0 Å². The summed E-state index contributed by atoms with van der Waals surface area (Å²) in [4.78, 5) is 38.8.